The van der Waals surface area contributed by atoms with Crippen molar-refractivity contribution in [1.82, 2.24) is 5.32 Å². The van der Waals surface area contributed by atoms with Crippen LogP contribution in [0.5, 0.6) is 0 Å². The molecule has 0 aliphatic heterocycles. The number of hydrogen-bond acceptors (Lipinski definition) is 4. The average Bonchev–Trinajstić information content (AvgIpc) is 3.02. The highest BCUT2D eigenvalue weighted by molar-refractivity contribution is 5.89. The molecule has 1 fully saturated rings. The lowest BCUT2D eigenvalue weighted by atomic mass is 10.3. The summed E-state index contributed by atoms with van der Waals surface area (Å²) in [6, 6.07) is 0. The van der Waals surface area contributed by atoms with Crippen LogP contribution >= 0.6 is 0 Å². The van der Waals surface area contributed by atoms with E-state index in [-0.39, 0.29) is 18.4 Å². The molecule has 0 aromatic carbocycles. The van der Waals surface area contributed by atoms with Crippen molar-refractivity contribution in [3.8, 4) is 0 Å². The maximum Gasteiger partial charge on any atom is 0.307 e. The SMILES string of the molecule is O=C(O)C1CC1C(=O)NCCCOCCO. The summed E-state index contributed by atoms with van der Waals surface area (Å²) in [4.78, 5) is 21.9. The zero-order valence-corrected chi connectivity index (χ0v) is 9.02. The lowest BCUT2D eigenvalue weighted by Gasteiger charge is -2.04. The molecule has 1 rings (SSSR count). The van der Waals surface area contributed by atoms with Gasteiger partial charge in [0, 0.05) is 13.2 Å². The molecule has 2 atom stereocenters. The third-order valence-corrected chi connectivity index (χ3v) is 2.44. The van der Waals surface area contributed by atoms with Crippen molar-refractivity contribution in [2.75, 3.05) is 26.4 Å². The summed E-state index contributed by atoms with van der Waals surface area (Å²) in [7, 11) is 0. The maximum absolute atomic E-state index is 11.4. The fourth-order valence-electron chi connectivity index (χ4n) is 1.44. The number of nitrogens with one attached hydrogen (secondary N) is 1. The minimum absolute atomic E-state index is 0.00523. The topological polar surface area (TPSA) is 95.9 Å². The number of carbonyl (C=O) groups is 2. The number of ether oxygens (including phenoxy) is 1. The Morgan fingerprint density at radius 3 is 2.62 bits per heavy atom. The molecule has 6 heteroatoms. The third-order valence-electron chi connectivity index (χ3n) is 2.44. The zero-order chi connectivity index (χ0) is 12.0. The van der Waals surface area contributed by atoms with Gasteiger partial charge in [-0.05, 0) is 12.8 Å². The second-order valence-electron chi connectivity index (χ2n) is 3.77. The van der Waals surface area contributed by atoms with Crippen molar-refractivity contribution in [2.45, 2.75) is 12.8 Å². The summed E-state index contributed by atoms with van der Waals surface area (Å²) in [5.74, 6) is -1.93. The molecule has 0 spiro atoms. The van der Waals surface area contributed by atoms with Gasteiger partial charge < -0.3 is 20.3 Å². The Hall–Kier alpha value is -1.14. The van der Waals surface area contributed by atoms with Gasteiger partial charge in [-0.3, -0.25) is 9.59 Å². The van der Waals surface area contributed by atoms with Crippen LogP contribution in [-0.4, -0.2) is 48.5 Å². The summed E-state index contributed by atoms with van der Waals surface area (Å²) < 4.78 is 5.00. The smallest absolute Gasteiger partial charge is 0.307 e. The van der Waals surface area contributed by atoms with Crippen LogP contribution in [0.25, 0.3) is 0 Å². The molecule has 0 aromatic heterocycles. The first-order valence-electron chi connectivity index (χ1n) is 5.36. The van der Waals surface area contributed by atoms with Crippen LogP contribution in [0.1, 0.15) is 12.8 Å². The van der Waals surface area contributed by atoms with Crippen LogP contribution in [-0.2, 0) is 14.3 Å². The molecule has 92 valence electrons. The summed E-state index contributed by atoms with van der Waals surface area (Å²) in [6.45, 7) is 1.26. The predicted molar refractivity (Wildman–Crippen MR) is 54.8 cm³/mol. The summed E-state index contributed by atoms with van der Waals surface area (Å²) in [6.07, 6.45) is 1.11. The standard InChI is InChI=1S/C10H17NO5/c12-3-5-16-4-1-2-11-9(13)7-6-8(7)10(14)15/h7-8,12H,1-6H2,(H,11,13)(H,14,15). The summed E-state index contributed by atoms with van der Waals surface area (Å²) in [5.41, 5.74) is 0. The minimum Gasteiger partial charge on any atom is -0.481 e. The van der Waals surface area contributed by atoms with Crippen molar-refractivity contribution >= 4 is 11.9 Å². The van der Waals surface area contributed by atoms with Crippen LogP contribution in [0.4, 0.5) is 0 Å². The van der Waals surface area contributed by atoms with E-state index in [1.54, 1.807) is 0 Å². The van der Waals surface area contributed by atoms with Gasteiger partial charge in [-0.1, -0.05) is 0 Å². The van der Waals surface area contributed by atoms with Gasteiger partial charge in [-0.25, -0.2) is 0 Å². The molecule has 2 unspecified atom stereocenters. The Labute approximate surface area is 93.6 Å². The van der Waals surface area contributed by atoms with E-state index in [1.165, 1.54) is 0 Å². The first-order chi connectivity index (χ1) is 7.66. The summed E-state index contributed by atoms with van der Waals surface area (Å²) in [5, 5.41) is 19.7. The van der Waals surface area contributed by atoms with Gasteiger partial charge in [0.05, 0.1) is 25.0 Å². The normalized spacial score (nSPS) is 22.8. The first-order valence-corrected chi connectivity index (χ1v) is 5.36. The number of carboxylic acids is 1. The fourth-order valence-corrected chi connectivity index (χ4v) is 1.44. The number of aliphatic hydroxyl groups is 1. The van der Waals surface area contributed by atoms with Crippen molar-refractivity contribution in [2.24, 2.45) is 11.8 Å². The molecule has 16 heavy (non-hydrogen) atoms. The minimum atomic E-state index is -0.897. The fraction of sp³-hybridized carbons (Fsp3) is 0.800. The Morgan fingerprint density at radius 1 is 1.31 bits per heavy atom. The Bertz CT molecular complexity index is 256. The highest BCUT2D eigenvalue weighted by Crippen LogP contribution is 2.38. The van der Waals surface area contributed by atoms with E-state index < -0.39 is 11.9 Å². The number of carboxylic acid groups (broad SMARTS) is 1. The molecular weight excluding hydrogens is 214 g/mol. The van der Waals surface area contributed by atoms with Gasteiger partial charge >= 0.3 is 5.97 Å². The monoisotopic (exact) mass is 231 g/mol. The van der Waals surface area contributed by atoms with E-state index in [0.717, 1.165) is 0 Å². The van der Waals surface area contributed by atoms with Crippen molar-refractivity contribution in [3.63, 3.8) is 0 Å². The predicted octanol–water partition coefficient (Wildman–Crippen LogP) is -0.778. The lowest BCUT2D eigenvalue weighted by Crippen LogP contribution is -2.28. The van der Waals surface area contributed by atoms with Gasteiger partial charge in [-0.2, -0.15) is 0 Å². The average molecular weight is 231 g/mol. The Morgan fingerprint density at radius 2 is 2.06 bits per heavy atom. The molecule has 0 saturated heterocycles. The molecule has 0 heterocycles. The quantitative estimate of drug-likeness (QED) is 0.476. The van der Waals surface area contributed by atoms with Crippen molar-refractivity contribution in [1.29, 1.82) is 0 Å². The summed E-state index contributed by atoms with van der Waals surface area (Å²) >= 11 is 0. The lowest BCUT2D eigenvalue weighted by molar-refractivity contribution is -0.140. The van der Waals surface area contributed by atoms with Crippen LogP contribution in [0.15, 0.2) is 0 Å². The Kier molecular flexibility index (Phi) is 5.21. The van der Waals surface area contributed by atoms with E-state index in [1.807, 2.05) is 0 Å². The third kappa shape index (κ3) is 4.16. The molecule has 0 radical (unpaired) electrons. The molecular formula is C10H17NO5. The van der Waals surface area contributed by atoms with E-state index in [0.29, 0.717) is 32.6 Å². The van der Waals surface area contributed by atoms with Gasteiger partial charge in [0.25, 0.3) is 0 Å². The Balaban J connectivity index is 1.98. The number of carbonyl (C=O) groups excluding carboxylic acids is 1. The largest absolute Gasteiger partial charge is 0.481 e. The zero-order valence-electron chi connectivity index (χ0n) is 9.02. The highest BCUT2D eigenvalue weighted by atomic mass is 16.5. The molecule has 1 aliphatic rings. The molecule has 6 nitrogen and oxygen atoms in total. The number of amides is 1. The van der Waals surface area contributed by atoms with Crippen LogP contribution in [0.2, 0.25) is 0 Å². The van der Waals surface area contributed by atoms with E-state index >= 15 is 0 Å². The number of hydrogen-bond donors (Lipinski definition) is 3. The van der Waals surface area contributed by atoms with E-state index in [4.69, 9.17) is 14.9 Å². The van der Waals surface area contributed by atoms with E-state index in [2.05, 4.69) is 5.32 Å². The van der Waals surface area contributed by atoms with Gasteiger partial charge in [-0.15, -0.1) is 0 Å². The van der Waals surface area contributed by atoms with E-state index in [9.17, 15) is 9.59 Å². The second-order valence-corrected chi connectivity index (χ2v) is 3.77. The highest BCUT2D eigenvalue weighted by Gasteiger charge is 2.48. The van der Waals surface area contributed by atoms with Gasteiger partial charge in [0.2, 0.25) is 5.91 Å². The number of rotatable bonds is 8. The number of aliphatic hydroxyl groups excluding tert-OH is 1. The van der Waals surface area contributed by atoms with Crippen molar-refractivity contribution in [3.05, 3.63) is 0 Å². The molecule has 3 N–H and O–H groups in total. The van der Waals surface area contributed by atoms with Crippen LogP contribution in [0.3, 0.4) is 0 Å². The van der Waals surface area contributed by atoms with Gasteiger partial charge in [0.1, 0.15) is 0 Å². The second kappa shape index (κ2) is 6.44. The maximum atomic E-state index is 11.4. The number of aliphatic carboxylic acids is 1. The van der Waals surface area contributed by atoms with Crippen LogP contribution in [0, 0.1) is 11.8 Å². The molecule has 0 aromatic rings. The molecule has 0 bridgehead atoms. The molecule has 1 amide bonds. The first kappa shape index (κ1) is 12.9. The van der Waals surface area contributed by atoms with Crippen LogP contribution < -0.4 is 5.32 Å². The molecule has 1 saturated carbocycles. The molecule has 1 aliphatic carbocycles. The van der Waals surface area contributed by atoms with Crippen molar-refractivity contribution < 1.29 is 24.5 Å². The van der Waals surface area contributed by atoms with Gasteiger partial charge in [0.15, 0.2) is 0 Å².